The van der Waals surface area contributed by atoms with Crippen LogP contribution in [0.5, 0.6) is 0 Å². The van der Waals surface area contributed by atoms with E-state index < -0.39 is 17.4 Å². The Morgan fingerprint density at radius 2 is 2.22 bits per heavy atom. The summed E-state index contributed by atoms with van der Waals surface area (Å²) in [5.74, 6) is -1.24. The lowest BCUT2D eigenvalue weighted by atomic mass is 10.1. The highest BCUT2D eigenvalue weighted by Gasteiger charge is 2.13. The number of hydrogen-bond acceptors (Lipinski definition) is 5. The fourth-order valence-electron chi connectivity index (χ4n) is 1.26. The van der Waals surface area contributed by atoms with Crippen molar-refractivity contribution in [1.29, 1.82) is 0 Å². The molecule has 0 atom stereocenters. The minimum atomic E-state index is -0.839. The molecule has 7 heteroatoms. The van der Waals surface area contributed by atoms with Gasteiger partial charge in [0.1, 0.15) is 17.5 Å². The van der Waals surface area contributed by atoms with Crippen LogP contribution in [0.4, 0.5) is 8.78 Å². The van der Waals surface area contributed by atoms with Crippen LogP contribution in [-0.2, 0) is 0 Å². The molecule has 0 aliphatic carbocycles. The van der Waals surface area contributed by atoms with E-state index in [1.54, 1.807) is 6.92 Å². The second kappa shape index (κ2) is 5.53. The summed E-state index contributed by atoms with van der Waals surface area (Å²) >= 11 is 2.38. The van der Waals surface area contributed by atoms with E-state index in [1.807, 2.05) is 0 Å². The highest BCUT2D eigenvalue weighted by molar-refractivity contribution is 8.01. The van der Waals surface area contributed by atoms with Gasteiger partial charge in [-0.1, -0.05) is 11.8 Å². The molecule has 0 radical (unpaired) electrons. The number of ketones is 1. The fourth-order valence-corrected chi connectivity index (χ4v) is 2.79. The molecule has 1 heterocycles. The molecule has 3 nitrogen and oxygen atoms in total. The van der Waals surface area contributed by atoms with Gasteiger partial charge in [0.15, 0.2) is 10.1 Å². The summed E-state index contributed by atoms with van der Waals surface area (Å²) in [5.41, 5.74) is -0.106. The molecular formula is C11H8F2N2OS2. The number of halogens is 2. The van der Waals surface area contributed by atoms with Crippen molar-refractivity contribution in [2.24, 2.45) is 0 Å². The Morgan fingerprint density at radius 1 is 1.44 bits per heavy atom. The number of hydrogen-bond donors (Lipinski definition) is 0. The number of rotatable bonds is 4. The van der Waals surface area contributed by atoms with Gasteiger partial charge in [0.05, 0.1) is 11.3 Å². The maximum atomic E-state index is 13.3. The highest BCUT2D eigenvalue weighted by Crippen LogP contribution is 2.21. The van der Waals surface area contributed by atoms with Crippen LogP contribution < -0.4 is 0 Å². The first kappa shape index (κ1) is 13.1. The van der Waals surface area contributed by atoms with Gasteiger partial charge < -0.3 is 0 Å². The molecule has 2 aromatic rings. The number of carbonyl (C=O) groups excluding carboxylic acids is 1. The molecule has 2 rings (SSSR count). The quantitative estimate of drug-likeness (QED) is 0.640. The largest absolute Gasteiger partial charge is 0.293 e. The number of Topliss-reactive ketones (excluding diaryl/α,β-unsaturated/α-hetero) is 1. The van der Waals surface area contributed by atoms with Crippen LogP contribution >= 0.6 is 23.3 Å². The van der Waals surface area contributed by atoms with Gasteiger partial charge >= 0.3 is 0 Å². The van der Waals surface area contributed by atoms with E-state index in [9.17, 15) is 13.6 Å². The van der Waals surface area contributed by atoms with E-state index >= 15 is 0 Å². The molecule has 0 aliphatic rings. The van der Waals surface area contributed by atoms with Crippen LogP contribution in [0.3, 0.4) is 0 Å². The first-order chi connectivity index (χ1) is 8.56. The van der Waals surface area contributed by atoms with Crippen molar-refractivity contribution in [2.45, 2.75) is 11.3 Å². The van der Waals surface area contributed by atoms with Crippen molar-refractivity contribution in [3.63, 3.8) is 0 Å². The van der Waals surface area contributed by atoms with Crippen molar-refractivity contribution in [2.75, 3.05) is 5.75 Å². The fraction of sp³-hybridized carbons (Fsp3) is 0.182. The van der Waals surface area contributed by atoms with Crippen molar-refractivity contribution in [3.8, 4) is 0 Å². The van der Waals surface area contributed by atoms with E-state index in [4.69, 9.17) is 0 Å². The predicted octanol–water partition coefficient (Wildman–Crippen LogP) is 3.10. The first-order valence-corrected chi connectivity index (χ1v) is 6.73. The molecule has 0 aliphatic heterocycles. The maximum absolute atomic E-state index is 13.3. The Hall–Kier alpha value is -1.34. The lowest BCUT2D eigenvalue weighted by Gasteiger charge is -2.01. The van der Waals surface area contributed by atoms with Crippen molar-refractivity contribution >= 4 is 29.1 Å². The summed E-state index contributed by atoms with van der Waals surface area (Å²) in [6, 6.07) is 2.92. The van der Waals surface area contributed by atoms with Crippen LogP contribution in [0.25, 0.3) is 0 Å². The van der Waals surface area contributed by atoms with E-state index in [0.29, 0.717) is 16.2 Å². The van der Waals surface area contributed by atoms with Gasteiger partial charge in [-0.05, 0) is 30.6 Å². The normalized spacial score (nSPS) is 10.6. The Balaban J connectivity index is 2.03. The van der Waals surface area contributed by atoms with Gasteiger partial charge in [0.25, 0.3) is 0 Å². The first-order valence-electron chi connectivity index (χ1n) is 4.97. The summed E-state index contributed by atoms with van der Waals surface area (Å²) in [6.45, 7) is 1.75. The second-order valence-electron chi connectivity index (χ2n) is 3.44. The third-order valence-electron chi connectivity index (χ3n) is 2.07. The van der Waals surface area contributed by atoms with Crippen LogP contribution in [0.2, 0.25) is 0 Å². The third kappa shape index (κ3) is 3.11. The molecule has 0 N–H and O–H groups in total. The summed E-state index contributed by atoms with van der Waals surface area (Å²) < 4.78 is 30.7. The van der Waals surface area contributed by atoms with Gasteiger partial charge in [-0.3, -0.25) is 4.79 Å². The minimum Gasteiger partial charge on any atom is -0.293 e. The minimum absolute atomic E-state index is 0.0528. The number of carbonyl (C=O) groups is 1. The summed E-state index contributed by atoms with van der Waals surface area (Å²) in [6.07, 6.45) is 0. The monoisotopic (exact) mass is 286 g/mol. The van der Waals surface area contributed by atoms with Crippen molar-refractivity contribution < 1.29 is 13.6 Å². The summed E-state index contributed by atoms with van der Waals surface area (Å²) in [7, 11) is 0. The average Bonchev–Trinajstić information content (AvgIpc) is 2.72. The van der Waals surface area contributed by atoms with E-state index in [0.717, 1.165) is 12.1 Å². The molecular weight excluding hydrogens is 278 g/mol. The van der Waals surface area contributed by atoms with Crippen LogP contribution in [-0.4, -0.2) is 20.9 Å². The van der Waals surface area contributed by atoms with E-state index in [1.165, 1.54) is 23.3 Å². The van der Waals surface area contributed by atoms with Gasteiger partial charge in [-0.15, -0.1) is 0 Å². The van der Waals surface area contributed by atoms with Gasteiger partial charge in [-0.25, -0.2) is 13.8 Å². The van der Waals surface area contributed by atoms with Crippen LogP contribution in [0, 0.1) is 18.6 Å². The maximum Gasteiger partial charge on any atom is 0.176 e. The molecule has 0 fully saturated rings. The van der Waals surface area contributed by atoms with E-state index in [2.05, 4.69) is 9.36 Å². The number of aryl methyl sites for hydroxylation is 1. The highest BCUT2D eigenvalue weighted by atomic mass is 32.2. The Kier molecular flexibility index (Phi) is 4.03. The molecule has 1 aromatic heterocycles. The SMILES string of the molecule is Cc1nsc(SCC(=O)c2ccc(F)cc2F)n1. The molecule has 0 bridgehead atoms. The molecule has 0 saturated carbocycles. The molecule has 1 aromatic carbocycles. The lowest BCUT2D eigenvalue weighted by molar-refractivity contribution is 0.101. The average molecular weight is 286 g/mol. The summed E-state index contributed by atoms with van der Waals surface area (Å²) in [5, 5.41) is 0. The molecule has 0 spiro atoms. The Bertz CT molecular complexity index is 586. The number of aromatic nitrogens is 2. The topological polar surface area (TPSA) is 42.9 Å². The standard InChI is InChI=1S/C11H8F2N2OS2/c1-6-14-11(18-15-6)17-5-10(16)8-3-2-7(12)4-9(8)13/h2-4H,5H2,1H3. The van der Waals surface area contributed by atoms with Crippen molar-refractivity contribution in [1.82, 2.24) is 9.36 Å². The Labute approximate surface area is 110 Å². The zero-order valence-electron chi connectivity index (χ0n) is 9.31. The number of nitrogens with zero attached hydrogens (tertiary/aromatic N) is 2. The summed E-state index contributed by atoms with van der Waals surface area (Å²) in [4.78, 5) is 15.8. The van der Waals surface area contributed by atoms with Crippen LogP contribution in [0.15, 0.2) is 22.5 Å². The lowest BCUT2D eigenvalue weighted by Crippen LogP contribution is -2.05. The molecule has 0 amide bonds. The predicted molar refractivity (Wildman–Crippen MR) is 66.1 cm³/mol. The third-order valence-corrected chi connectivity index (χ3v) is 3.99. The van der Waals surface area contributed by atoms with Crippen molar-refractivity contribution in [3.05, 3.63) is 41.2 Å². The molecule has 0 unspecified atom stereocenters. The molecule has 94 valence electrons. The number of thioether (sulfide) groups is 1. The Morgan fingerprint density at radius 3 is 2.83 bits per heavy atom. The number of benzene rings is 1. The zero-order chi connectivity index (χ0) is 13.1. The van der Waals surface area contributed by atoms with Gasteiger partial charge in [0.2, 0.25) is 0 Å². The van der Waals surface area contributed by atoms with Crippen LogP contribution in [0.1, 0.15) is 16.2 Å². The van der Waals surface area contributed by atoms with Gasteiger partial charge in [0, 0.05) is 6.07 Å². The smallest absolute Gasteiger partial charge is 0.176 e. The second-order valence-corrected chi connectivity index (χ2v) is 5.42. The van der Waals surface area contributed by atoms with E-state index in [-0.39, 0.29) is 11.3 Å². The zero-order valence-corrected chi connectivity index (χ0v) is 10.9. The molecule has 0 saturated heterocycles. The molecule has 18 heavy (non-hydrogen) atoms. The van der Waals surface area contributed by atoms with Gasteiger partial charge in [-0.2, -0.15) is 4.37 Å².